The van der Waals surface area contributed by atoms with Gasteiger partial charge >= 0.3 is 11.9 Å². The Bertz CT molecular complexity index is 2120. The lowest BCUT2D eigenvalue weighted by Gasteiger charge is -2.09. The van der Waals surface area contributed by atoms with Gasteiger partial charge in [0.2, 0.25) is 0 Å². The summed E-state index contributed by atoms with van der Waals surface area (Å²) in [7, 11) is 2.65. The molecule has 0 spiro atoms. The number of nitrogens with zero attached hydrogens (tertiary/aromatic N) is 5. The molecule has 0 saturated carbocycles. The predicted molar refractivity (Wildman–Crippen MR) is 204 cm³/mol. The van der Waals surface area contributed by atoms with Gasteiger partial charge in [0, 0.05) is 52.4 Å². The van der Waals surface area contributed by atoms with E-state index in [1.54, 1.807) is 29.5 Å². The van der Waals surface area contributed by atoms with Crippen molar-refractivity contribution in [2.75, 3.05) is 38.1 Å². The molecule has 3 N–H and O–H groups in total. The number of carbonyl (C=O) groups is 2. The molecule has 2 aliphatic rings. The Labute approximate surface area is 314 Å². The average molecular weight is 817 g/mol. The number of aromatic nitrogens is 6. The van der Waals surface area contributed by atoms with Gasteiger partial charge in [-0.05, 0) is 88.3 Å². The van der Waals surface area contributed by atoms with Gasteiger partial charge in [-0.15, -0.1) is 0 Å². The number of pyridine rings is 2. The third kappa shape index (κ3) is 9.63. The van der Waals surface area contributed by atoms with Crippen LogP contribution in [0.2, 0.25) is 0 Å². The number of imidazole rings is 2. The SMILES string of the molecule is C.COC(=O)c1cn(-c2ccnc(Nc3ccc4c(c3)CCO4)c2)cn1.COC(=O)c1cnc[nH]1.Ic1ccnc(Nc2ccc3c(c2)CCO3)c1. The summed E-state index contributed by atoms with van der Waals surface area (Å²) in [5.41, 5.74) is 5.94. The van der Waals surface area contributed by atoms with E-state index in [1.165, 1.54) is 41.4 Å². The quantitative estimate of drug-likeness (QED) is 0.113. The van der Waals surface area contributed by atoms with Gasteiger partial charge in [-0.3, -0.25) is 0 Å². The minimum atomic E-state index is -0.466. The van der Waals surface area contributed by atoms with Crippen molar-refractivity contribution < 1.29 is 28.5 Å². The molecule has 52 heavy (non-hydrogen) atoms. The standard InChI is InChI=1S/C18H16N4O3.C13H11IN2O.C5H6N2O2.CH4/c1-24-18(23)15-10-22(11-20-15)14-4-6-19-17(9-14)21-13-2-3-16-12(8-13)5-7-25-16;14-10-3-5-15-13(8-10)16-11-1-2-12-9(7-11)4-6-17-12;1-9-5(8)4-2-6-3-7-4;/h2-4,6,8-11H,5,7H2,1H3,(H,19,21);1-3,5,7-8H,4,6H2,(H,15,16);2-3H,1H3,(H,6,7);1H4. The molecule has 8 rings (SSSR count). The average Bonchev–Trinajstić information content (AvgIpc) is 3.99. The van der Waals surface area contributed by atoms with Crippen LogP contribution in [0, 0.1) is 3.57 Å². The van der Waals surface area contributed by atoms with Crippen molar-refractivity contribution in [2.24, 2.45) is 0 Å². The van der Waals surface area contributed by atoms with Crippen LogP contribution >= 0.6 is 22.6 Å². The fourth-order valence-corrected chi connectivity index (χ4v) is 5.55. The molecule has 0 saturated heterocycles. The molecule has 6 heterocycles. The smallest absolute Gasteiger partial charge is 0.358 e. The number of fused-ring (bicyclic) bond motifs is 2. The maximum absolute atomic E-state index is 11.5. The van der Waals surface area contributed by atoms with E-state index in [4.69, 9.17) is 9.47 Å². The molecule has 6 aromatic rings. The van der Waals surface area contributed by atoms with E-state index in [9.17, 15) is 9.59 Å². The minimum absolute atomic E-state index is 0. The zero-order valence-corrected chi connectivity index (χ0v) is 29.8. The third-order valence-electron chi connectivity index (χ3n) is 7.57. The van der Waals surface area contributed by atoms with Gasteiger partial charge in [-0.25, -0.2) is 29.5 Å². The molecule has 0 radical (unpaired) electrons. The summed E-state index contributed by atoms with van der Waals surface area (Å²) in [6.07, 6.45) is 11.4. The van der Waals surface area contributed by atoms with Gasteiger partial charge in [0.05, 0.1) is 45.6 Å². The van der Waals surface area contributed by atoms with Crippen LogP contribution in [0.3, 0.4) is 0 Å². The van der Waals surface area contributed by atoms with Crippen molar-refractivity contribution >= 4 is 57.5 Å². The van der Waals surface area contributed by atoms with Crippen molar-refractivity contribution in [2.45, 2.75) is 20.3 Å². The van der Waals surface area contributed by atoms with Crippen molar-refractivity contribution in [3.05, 3.63) is 124 Å². The Morgan fingerprint density at radius 1 is 0.808 bits per heavy atom. The fourth-order valence-electron chi connectivity index (χ4n) is 5.10. The van der Waals surface area contributed by atoms with Crippen LogP contribution in [0.1, 0.15) is 39.5 Å². The van der Waals surface area contributed by atoms with E-state index < -0.39 is 11.9 Å². The Morgan fingerprint density at radius 3 is 2.00 bits per heavy atom. The Kier molecular flexibility index (Phi) is 12.8. The maximum atomic E-state index is 11.5. The first kappa shape index (κ1) is 37.3. The minimum Gasteiger partial charge on any atom is -0.493 e. The zero-order chi connectivity index (χ0) is 35.6. The summed E-state index contributed by atoms with van der Waals surface area (Å²) < 4.78 is 23.0. The topological polar surface area (TPSA) is 167 Å². The molecule has 4 aromatic heterocycles. The second-order valence-corrected chi connectivity index (χ2v) is 12.2. The lowest BCUT2D eigenvalue weighted by Crippen LogP contribution is -2.01. The van der Waals surface area contributed by atoms with Crippen LogP contribution in [0.5, 0.6) is 11.5 Å². The van der Waals surface area contributed by atoms with Crippen molar-refractivity contribution in [3.63, 3.8) is 0 Å². The van der Waals surface area contributed by atoms with Gasteiger partial charge in [0.25, 0.3) is 0 Å². The van der Waals surface area contributed by atoms with Crippen molar-refractivity contribution in [1.29, 1.82) is 0 Å². The van der Waals surface area contributed by atoms with E-state index in [2.05, 4.69) is 79.8 Å². The number of aromatic amines is 1. The van der Waals surface area contributed by atoms with E-state index in [1.807, 2.05) is 48.5 Å². The highest BCUT2D eigenvalue weighted by atomic mass is 127. The first-order valence-corrected chi connectivity index (χ1v) is 16.8. The number of hydrogen-bond acceptors (Lipinski definition) is 12. The van der Waals surface area contributed by atoms with Crippen molar-refractivity contribution in [3.8, 4) is 17.2 Å². The highest BCUT2D eigenvalue weighted by molar-refractivity contribution is 14.1. The number of ether oxygens (including phenoxy) is 4. The van der Waals surface area contributed by atoms with Crippen LogP contribution in [0.15, 0.2) is 98.1 Å². The molecule has 15 heteroatoms. The van der Waals surface area contributed by atoms with Crippen molar-refractivity contribution in [1.82, 2.24) is 29.5 Å². The second kappa shape index (κ2) is 17.8. The lowest BCUT2D eigenvalue weighted by atomic mass is 10.1. The zero-order valence-electron chi connectivity index (χ0n) is 27.6. The first-order chi connectivity index (χ1) is 24.9. The van der Waals surface area contributed by atoms with Gasteiger partial charge in [0.1, 0.15) is 35.2 Å². The molecule has 0 unspecified atom stereocenters. The monoisotopic (exact) mass is 816 g/mol. The molecule has 0 atom stereocenters. The lowest BCUT2D eigenvalue weighted by molar-refractivity contribution is 0.0586. The van der Waals surface area contributed by atoms with E-state index in [-0.39, 0.29) is 13.1 Å². The molecule has 0 amide bonds. The third-order valence-corrected chi connectivity index (χ3v) is 8.24. The molecule has 14 nitrogen and oxygen atoms in total. The number of H-pyrrole nitrogens is 1. The van der Waals surface area contributed by atoms with Crippen LogP contribution < -0.4 is 20.1 Å². The number of methoxy groups -OCH3 is 2. The molecule has 0 bridgehead atoms. The number of halogens is 1. The Hall–Kier alpha value is -5.97. The first-order valence-electron chi connectivity index (χ1n) is 15.7. The van der Waals surface area contributed by atoms with Gasteiger partial charge in [-0.1, -0.05) is 7.43 Å². The summed E-state index contributed by atoms with van der Waals surface area (Å²) in [6.45, 7) is 1.52. The predicted octanol–water partition coefficient (Wildman–Crippen LogP) is 6.93. The fraction of sp³-hybridized carbons (Fsp3) is 0.189. The van der Waals surface area contributed by atoms with Crippen LogP contribution in [0.25, 0.3) is 5.69 Å². The largest absolute Gasteiger partial charge is 0.493 e. The molecule has 0 fully saturated rings. The number of nitrogens with one attached hydrogen (secondary N) is 3. The summed E-state index contributed by atoms with van der Waals surface area (Å²) in [4.78, 5) is 41.0. The summed E-state index contributed by atoms with van der Waals surface area (Å²) in [5.74, 6) is 2.66. The summed E-state index contributed by atoms with van der Waals surface area (Å²) in [5, 5.41) is 6.60. The normalized spacial score (nSPS) is 11.8. The number of esters is 2. The van der Waals surface area contributed by atoms with Gasteiger partial charge in [-0.2, -0.15) is 0 Å². The highest BCUT2D eigenvalue weighted by Gasteiger charge is 2.14. The Morgan fingerprint density at radius 2 is 1.42 bits per heavy atom. The summed E-state index contributed by atoms with van der Waals surface area (Å²) >= 11 is 2.28. The second-order valence-electron chi connectivity index (χ2n) is 11.0. The number of hydrogen-bond donors (Lipinski definition) is 3. The van der Waals surface area contributed by atoms with E-state index in [0.29, 0.717) is 11.5 Å². The maximum Gasteiger partial charge on any atom is 0.358 e. The van der Waals surface area contributed by atoms with E-state index >= 15 is 0 Å². The van der Waals surface area contributed by atoms with Gasteiger partial charge in [0.15, 0.2) is 5.69 Å². The van der Waals surface area contributed by atoms with Crippen LogP contribution in [-0.2, 0) is 22.3 Å². The molecule has 2 aliphatic heterocycles. The number of carbonyl (C=O) groups excluding carboxylic acids is 2. The number of anilines is 4. The van der Waals surface area contributed by atoms with Crippen LogP contribution in [0.4, 0.5) is 23.0 Å². The molecular weight excluding hydrogens is 779 g/mol. The Balaban J connectivity index is 0.000000167. The van der Waals surface area contributed by atoms with E-state index in [0.717, 1.165) is 60.4 Å². The molecular formula is C37H37IN8O6. The summed E-state index contributed by atoms with van der Waals surface area (Å²) in [6, 6.07) is 19.9. The number of rotatable bonds is 7. The molecule has 268 valence electrons. The highest BCUT2D eigenvalue weighted by Crippen LogP contribution is 2.30. The number of benzene rings is 2. The van der Waals surface area contributed by atoms with Crippen LogP contribution in [-0.4, -0.2) is 68.9 Å². The molecule has 0 aliphatic carbocycles. The molecule has 2 aromatic carbocycles. The van der Waals surface area contributed by atoms with Gasteiger partial charge < -0.3 is 39.1 Å².